The molecule has 4 N–H and O–H groups in total. The molecule has 0 aromatic carbocycles. The fourth-order valence-electron chi connectivity index (χ4n) is 2.19. The van der Waals surface area contributed by atoms with Crippen LogP contribution in [0.1, 0.15) is 38.5 Å². The van der Waals surface area contributed by atoms with E-state index in [9.17, 15) is 0 Å². The van der Waals surface area contributed by atoms with Crippen molar-refractivity contribution in [2.45, 2.75) is 44.6 Å². The highest BCUT2D eigenvalue weighted by molar-refractivity contribution is 8.06. The first-order valence-electron chi connectivity index (χ1n) is 6.72. The Hall–Kier alpha value is 0.450. The number of hydrogen-bond donors (Lipinski definition) is 4. The number of nitrogens with one attached hydrogen (secondary N) is 2. The minimum atomic E-state index is -3.46. The standard InChI is InChI=1S/C11H25N2O3PS/c14-17(15,18)16-10-9-12-7-4-8-13-11-5-2-1-3-6-11/h11-13H,1-10H2,(H2,14,15,18). The molecule has 0 heterocycles. The third-order valence-electron chi connectivity index (χ3n) is 3.11. The summed E-state index contributed by atoms with van der Waals surface area (Å²) in [6.45, 7) is -0.670. The smallest absolute Gasteiger partial charge is 0.321 e. The van der Waals surface area contributed by atoms with E-state index in [0.717, 1.165) is 25.6 Å². The molecule has 0 saturated heterocycles. The Labute approximate surface area is 115 Å². The average Bonchev–Trinajstić information content (AvgIpc) is 2.32. The van der Waals surface area contributed by atoms with Crippen molar-refractivity contribution in [2.24, 2.45) is 0 Å². The van der Waals surface area contributed by atoms with Gasteiger partial charge in [-0.3, -0.25) is 0 Å². The zero-order chi connectivity index (χ0) is 13.3. The summed E-state index contributed by atoms with van der Waals surface area (Å²) in [4.78, 5) is 17.6. The molecule has 0 aromatic rings. The van der Waals surface area contributed by atoms with Gasteiger partial charge in [-0.05, 0) is 44.2 Å². The van der Waals surface area contributed by atoms with E-state index in [1.54, 1.807) is 0 Å². The highest BCUT2D eigenvalue weighted by Crippen LogP contribution is 2.35. The number of hydrogen-bond acceptors (Lipinski definition) is 4. The minimum absolute atomic E-state index is 0.250. The maximum Gasteiger partial charge on any atom is 0.321 e. The van der Waals surface area contributed by atoms with Crippen LogP contribution in [0.4, 0.5) is 0 Å². The molecule has 0 atom stereocenters. The summed E-state index contributed by atoms with van der Waals surface area (Å²) in [5.74, 6) is 0. The molecular weight excluding hydrogens is 271 g/mol. The molecule has 0 unspecified atom stereocenters. The quantitative estimate of drug-likeness (QED) is 0.377. The van der Waals surface area contributed by atoms with Crippen LogP contribution in [0.5, 0.6) is 0 Å². The van der Waals surface area contributed by atoms with Gasteiger partial charge in [-0.2, -0.15) is 0 Å². The number of rotatable bonds is 9. The molecule has 0 spiro atoms. The maximum absolute atomic E-state index is 8.82. The summed E-state index contributed by atoms with van der Waals surface area (Å²) in [5.41, 5.74) is 0. The Kier molecular flexibility index (Phi) is 8.59. The van der Waals surface area contributed by atoms with E-state index in [-0.39, 0.29) is 6.61 Å². The molecule has 5 nitrogen and oxygen atoms in total. The van der Waals surface area contributed by atoms with Gasteiger partial charge in [-0.1, -0.05) is 19.3 Å². The summed E-state index contributed by atoms with van der Waals surface area (Å²) in [6.07, 6.45) is 7.83. The third kappa shape index (κ3) is 9.39. The molecule has 0 radical (unpaired) electrons. The molecule has 0 amide bonds. The van der Waals surface area contributed by atoms with Gasteiger partial charge in [0.05, 0.1) is 6.61 Å². The molecule has 18 heavy (non-hydrogen) atoms. The first kappa shape index (κ1) is 16.5. The second kappa shape index (κ2) is 9.37. The van der Waals surface area contributed by atoms with E-state index in [1.165, 1.54) is 32.1 Å². The summed E-state index contributed by atoms with van der Waals surface area (Å²) in [5, 5.41) is 6.75. The van der Waals surface area contributed by atoms with Gasteiger partial charge in [0.1, 0.15) is 0 Å². The van der Waals surface area contributed by atoms with Gasteiger partial charge >= 0.3 is 6.72 Å². The molecule has 0 aromatic heterocycles. The lowest BCUT2D eigenvalue weighted by molar-refractivity contribution is 0.251. The van der Waals surface area contributed by atoms with Gasteiger partial charge in [0.2, 0.25) is 0 Å². The zero-order valence-corrected chi connectivity index (χ0v) is 12.5. The highest BCUT2D eigenvalue weighted by atomic mass is 32.5. The molecule has 1 fully saturated rings. The van der Waals surface area contributed by atoms with Crippen LogP contribution in [0.25, 0.3) is 0 Å². The van der Waals surface area contributed by atoms with Crippen molar-refractivity contribution >= 4 is 18.5 Å². The van der Waals surface area contributed by atoms with Crippen LogP contribution < -0.4 is 10.6 Å². The predicted octanol–water partition coefficient (Wildman–Crippen LogP) is 1.11. The summed E-state index contributed by atoms with van der Waals surface area (Å²) in [7, 11) is 0. The summed E-state index contributed by atoms with van der Waals surface area (Å²) in [6, 6.07) is 0.719. The van der Waals surface area contributed by atoms with E-state index < -0.39 is 6.72 Å². The van der Waals surface area contributed by atoms with Gasteiger partial charge in [-0.25, -0.2) is 0 Å². The molecule has 7 heteroatoms. The second-order valence-electron chi connectivity index (χ2n) is 4.72. The predicted molar refractivity (Wildman–Crippen MR) is 77.0 cm³/mol. The van der Waals surface area contributed by atoms with Crippen LogP contribution in [-0.4, -0.2) is 42.1 Å². The van der Waals surface area contributed by atoms with Gasteiger partial charge in [-0.15, -0.1) is 0 Å². The van der Waals surface area contributed by atoms with Gasteiger partial charge < -0.3 is 24.9 Å². The SMILES string of the molecule is OP(O)(=S)OCCNCCCNC1CCCCC1. The van der Waals surface area contributed by atoms with E-state index in [1.807, 2.05) is 0 Å². The van der Waals surface area contributed by atoms with Crippen LogP contribution >= 0.6 is 6.72 Å². The fraction of sp³-hybridized carbons (Fsp3) is 1.00. The topological polar surface area (TPSA) is 73.8 Å². The lowest BCUT2D eigenvalue weighted by atomic mass is 9.95. The van der Waals surface area contributed by atoms with Crippen molar-refractivity contribution in [1.29, 1.82) is 0 Å². The first-order valence-corrected chi connectivity index (χ1v) is 9.35. The van der Waals surface area contributed by atoms with Gasteiger partial charge in [0, 0.05) is 12.6 Å². The molecule has 108 valence electrons. The maximum atomic E-state index is 8.82. The fourth-order valence-corrected chi connectivity index (χ4v) is 2.74. The van der Waals surface area contributed by atoms with Crippen LogP contribution in [0.15, 0.2) is 0 Å². The molecule has 1 rings (SSSR count). The van der Waals surface area contributed by atoms with Crippen LogP contribution in [-0.2, 0) is 16.3 Å². The highest BCUT2D eigenvalue weighted by Gasteiger charge is 2.11. The Morgan fingerprint density at radius 3 is 2.50 bits per heavy atom. The van der Waals surface area contributed by atoms with Crippen molar-refractivity contribution in [3.63, 3.8) is 0 Å². The van der Waals surface area contributed by atoms with Gasteiger partial charge in [0.25, 0.3) is 0 Å². The van der Waals surface area contributed by atoms with Crippen molar-refractivity contribution in [1.82, 2.24) is 10.6 Å². The van der Waals surface area contributed by atoms with Crippen molar-refractivity contribution < 1.29 is 14.3 Å². The molecule has 0 aliphatic heterocycles. The van der Waals surface area contributed by atoms with E-state index in [4.69, 9.17) is 9.79 Å². The van der Waals surface area contributed by atoms with Crippen LogP contribution in [0, 0.1) is 0 Å². The Bertz CT molecular complexity index is 257. The summed E-state index contributed by atoms with van der Waals surface area (Å²) < 4.78 is 4.69. The van der Waals surface area contributed by atoms with Crippen LogP contribution in [0.2, 0.25) is 0 Å². The Morgan fingerprint density at radius 1 is 1.11 bits per heavy atom. The normalized spacial score (nSPS) is 18.1. The molecule has 1 aliphatic rings. The van der Waals surface area contributed by atoms with Crippen molar-refractivity contribution in [3.8, 4) is 0 Å². The third-order valence-corrected chi connectivity index (χ3v) is 3.94. The zero-order valence-electron chi connectivity index (χ0n) is 10.8. The van der Waals surface area contributed by atoms with Crippen molar-refractivity contribution in [3.05, 3.63) is 0 Å². The van der Waals surface area contributed by atoms with E-state index in [0.29, 0.717) is 6.54 Å². The Morgan fingerprint density at radius 2 is 1.83 bits per heavy atom. The molecule has 0 bridgehead atoms. The minimum Gasteiger partial charge on any atom is -0.325 e. The van der Waals surface area contributed by atoms with Crippen molar-refractivity contribution in [2.75, 3.05) is 26.2 Å². The van der Waals surface area contributed by atoms with Gasteiger partial charge in [0.15, 0.2) is 0 Å². The lowest BCUT2D eigenvalue weighted by Gasteiger charge is -2.22. The molecular formula is C11H25N2O3PS. The Balaban J connectivity index is 1.82. The van der Waals surface area contributed by atoms with E-state index >= 15 is 0 Å². The molecule has 1 aliphatic carbocycles. The van der Waals surface area contributed by atoms with E-state index in [2.05, 4.69) is 27.0 Å². The summed E-state index contributed by atoms with van der Waals surface area (Å²) >= 11 is 4.34. The van der Waals surface area contributed by atoms with Crippen LogP contribution in [0.3, 0.4) is 0 Å². The largest absolute Gasteiger partial charge is 0.325 e. The monoisotopic (exact) mass is 296 g/mol. The lowest BCUT2D eigenvalue weighted by Crippen LogP contribution is -2.33. The second-order valence-corrected chi connectivity index (χ2v) is 7.38. The average molecular weight is 296 g/mol. The first-order chi connectivity index (χ1) is 8.58. The molecule has 1 saturated carbocycles.